The van der Waals surface area contributed by atoms with E-state index in [4.69, 9.17) is 33.2 Å². The third-order valence-electron chi connectivity index (χ3n) is 7.86. The SMILES string of the molecule is COCOc1cc(OCC[Si](C)(C)C)cc2c1C(=O)O[C@@H](C)[C@H](C)/C=C\C(OC(=O)c1ccccc1)[C@H]1OC(C)(C)OC1C/C=C/2. The Labute approximate surface area is 273 Å². The third kappa shape index (κ3) is 9.78. The van der Waals surface area contributed by atoms with Crippen LogP contribution in [0.2, 0.25) is 25.7 Å². The van der Waals surface area contributed by atoms with E-state index in [0.29, 0.717) is 35.7 Å². The Balaban J connectivity index is 1.73. The van der Waals surface area contributed by atoms with Gasteiger partial charge in [-0.3, -0.25) is 0 Å². The number of ether oxygens (including phenoxy) is 7. The van der Waals surface area contributed by atoms with Crippen molar-refractivity contribution in [1.82, 2.24) is 0 Å². The second kappa shape index (κ2) is 15.4. The molecule has 2 aliphatic heterocycles. The van der Waals surface area contributed by atoms with Gasteiger partial charge in [0.2, 0.25) is 0 Å². The largest absolute Gasteiger partial charge is 0.494 e. The number of rotatable bonds is 9. The molecule has 2 unspecified atom stereocenters. The number of carbonyl (C=O) groups excluding carboxylic acids is 2. The number of fused-ring (bicyclic) bond motifs is 2. The molecule has 4 rings (SSSR count). The first-order chi connectivity index (χ1) is 21.8. The first-order valence-corrected chi connectivity index (χ1v) is 19.6. The van der Waals surface area contributed by atoms with Crippen LogP contribution < -0.4 is 9.47 Å². The second-order valence-electron chi connectivity index (χ2n) is 13.5. The zero-order valence-corrected chi connectivity index (χ0v) is 29.2. The fraction of sp³-hybridized carbons (Fsp3) is 0.500. The zero-order valence-electron chi connectivity index (χ0n) is 28.2. The zero-order chi connectivity index (χ0) is 33.5. The Bertz CT molecular complexity index is 1400. The van der Waals surface area contributed by atoms with Crippen molar-refractivity contribution in [3.05, 3.63) is 77.4 Å². The molecule has 2 aromatic rings. The minimum atomic E-state index is -1.33. The van der Waals surface area contributed by atoms with Crippen LogP contribution >= 0.6 is 0 Å². The monoisotopic (exact) mass is 652 g/mol. The van der Waals surface area contributed by atoms with Crippen LogP contribution in [-0.4, -0.2) is 70.7 Å². The molecular weight excluding hydrogens is 604 g/mol. The van der Waals surface area contributed by atoms with Crippen molar-refractivity contribution in [3.8, 4) is 11.5 Å². The van der Waals surface area contributed by atoms with Crippen molar-refractivity contribution in [2.45, 2.75) is 90.0 Å². The average Bonchev–Trinajstić information content (AvgIpc) is 3.30. The van der Waals surface area contributed by atoms with E-state index in [9.17, 15) is 9.59 Å². The molecule has 0 aromatic heterocycles. The molecule has 0 radical (unpaired) electrons. The summed E-state index contributed by atoms with van der Waals surface area (Å²) in [5.41, 5.74) is 1.29. The molecule has 0 saturated carbocycles. The van der Waals surface area contributed by atoms with Gasteiger partial charge >= 0.3 is 11.9 Å². The van der Waals surface area contributed by atoms with E-state index in [1.54, 1.807) is 36.4 Å². The molecule has 1 saturated heterocycles. The van der Waals surface area contributed by atoms with Gasteiger partial charge in [0.25, 0.3) is 0 Å². The highest BCUT2D eigenvalue weighted by molar-refractivity contribution is 6.76. The summed E-state index contributed by atoms with van der Waals surface area (Å²) >= 11 is 0. The molecule has 2 aliphatic rings. The maximum Gasteiger partial charge on any atom is 0.342 e. The normalized spacial score (nSPS) is 26.1. The lowest BCUT2D eigenvalue weighted by atomic mass is 9.98. The molecule has 0 spiro atoms. The van der Waals surface area contributed by atoms with Crippen molar-refractivity contribution >= 4 is 26.1 Å². The lowest BCUT2D eigenvalue weighted by molar-refractivity contribution is -0.152. The summed E-state index contributed by atoms with van der Waals surface area (Å²) in [7, 11) is 0.189. The number of hydrogen-bond donors (Lipinski definition) is 0. The van der Waals surface area contributed by atoms with Crippen molar-refractivity contribution in [2.75, 3.05) is 20.5 Å². The first kappa shape index (κ1) is 35.4. The quantitative estimate of drug-likeness (QED) is 0.120. The molecule has 2 heterocycles. The van der Waals surface area contributed by atoms with Gasteiger partial charge in [0, 0.05) is 27.2 Å². The Morgan fingerprint density at radius 2 is 1.76 bits per heavy atom. The van der Waals surface area contributed by atoms with Crippen LogP contribution in [0.1, 0.15) is 60.4 Å². The molecule has 1 fully saturated rings. The van der Waals surface area contributed by atoms with Gasteiger partial charge in [-0.15, -0.1) is 0 Å². The number of esters is 2. The summed E-state index contributed by atoms with van der Waals surface area (Å²) < 4.78 is 41.9. The molecule has 0 aliphatic carbocycles. The van der Waals surface area contributed by atoms with Gasteiger partial charge in [0.05, 0.1) is 18.3 Å². The summed E-state index contributed by atoms with van der Waals surface area (Å²) in [5, 5.41) is 0. The minimum Gasteiger partial charge on any atom is -0.494 e. The van der Waals surface area contributed by atoms with Crippen molar-refractivity contribution in [3.63, 3.8) is 0 Å². The Morgan fingerprint density at radius 1 is 1.02 bits per heavy atom. The Kier molecular flexibility index (Phi) is 11.9. The molecule has 46 heavy (non-hydrogen) atoms. The molecular formula is C36H48O9Si. The molecule has 2 aromatic carbocycles. The van der Waals surface area contributed by atoms with E-state index in [1.807, 2.05) is 58.1 Å². The molecule has 5 atom stereocenters. The van der Waals surface area contributed by atoms with Crippen LogP contribution in [0.25, 0.3) is 6.08 Å². The van der Waals surface area contributed by atoms with E-state index in [2.05, 4.69) is 19.6 Å². The van der Waals surface area contributed by atoms with Gasteiger partial charge in [-0.1, -0.05) is 63.0 Å². The molecule has 0 amide bonds. The Hall–Kier alpha value is -3.44. The highest BCUT2D eigenvalue weighted by Crippen LogP contribution is 2.36. The molecule has 0 N–H and O–H groups in total. The lowest BCUT2D eigenvalue weighted by Crippen LogP contribution is -2.37. The number of carbonyl (C=O) groups is 2. The summed E-state index contributed by atoms with van der Waals surface area (Å²) in [6.07, 6.45) is 5.54. The predicted molar refractivity (Wildman–Crippen MR) is 179 cm³/mol. The Morgan fingerprint density at radius 3 is 2.46 bits per heavy atom. The van der Waals surface area contributed by atoms with Crippen LogP contribution in [0.5, 0.6) is 11.5 Å². The van der Waals surface area contributed by atoms with Crippen molar-refractivity contribution < 1.29 is 42.7 Å². The summed E-state index contributed by atoms with van der Waals surface area (Å²) in [5.74, 6) is -1.24. The molecule has 250 valence electrons. The van der Waals surface area contributed by atoms with Crippen molar-refractivity contribution in [2.24, 2.45) is 5.92 Å². The summed E-state index contributed by atoms with van der Waals surface area (Å²) in [6.45, 7) is 14.8. The highest BCUT2D eigenvalue weighted by atomic mass is 28.3. The van der Waals surface area contributed by atoms with Crippen LogP contribution in [0.15, 0.2) is 60.7 Å². The molecule has 9 nitrogen and oxygen atoms in total. The van der Waals surface area contributed by atoms with Gasteiger partial charge in [0.1, 0.15) is 35.4 Å². The number of cyclic esters (lactones) is 1. The first-order valence-electron chi connectivity index (χ1n) is 15.9. The fourth-order valence-corrected chi connectivity index (χ4v) is 5.88. The minimum absolute atomic E-state index is 0.0520. The van der Waals surface area contributed by atoms with E-state index >= 15 is 0 Å². The van der Waals surface area contributed by atoms with Crippen LogP contribution in [-0.2, 0) is 23.7 Å². The summed E-state index contributed by atoms with van der Waals surface area (Å²) in [4.78, 5) is 26.9. The van der Waals surface area contributed by atoms with Gasteiger partial charge in [-0.2, -0.15) is 0 Å². The molecule has 0 bridgehead atoms. The number of hydrogen-bond acceptors (Lipinski definition) is 9. The van der Waals surface area contributed by atoms with Gasteiger partial charge in [-0.05, 0) is 63.1 Å². The third-order valence-corrected chi connectivity index (χ3v) is 9.57. The van der Waals surface area contributed by atoms with Gasteiger partial charge < -0.3 is 33.2 Å². The van der Waals surface area contributed by atoms with Crippen LogP contribution in [0, 0.1) is 5.92 Å². The van der Waals surface area contributed by atoms with Crippen LogP contribution in [0.4, 0.5) is 0 Å². The van der Waals surface area contributed by atoms with Gasteiger partial charge in [-0.25, -0.2) is 9.59 Å². The van der Waals surface area contributed by atoms with Gasteiger partial charge in [0.15, 0.2) is 12.6 Å². The fourth-order valence-electron chi connectivity index (χ4n) is 5.17. The molecule has 10 heteroatoms. The van der Waals surface area contributed by atoms with E-state index in [1.165, 1.54) is 7.11 Å². The topological polar surface area (TPSA) is 98.8 Å². The average molecular weight is 653 g/mol. The van der Waals surface area contributed by atoms with E-state index < -0.39 is 50.2 Å². The van der Waals surface area contributed by atoms with Crippen LogP contribution in [0.3, 0.4) is 0 Å². The summed E-state index contributed by atoms with van der Waals surface area (Å²) in [6, 6.07) is 13.4. The van der Waals surface area contributed by atoms with E-state index in [0.717, 1.165) is 6.04 Å². The van der Waals surface area contributed by atoms with Crippen molar-refractivity contribution in [1.29, 1.82) is 0 Å². The number of methoxy groups -OCH3 is 1. The number of benzene rings is 2. The van der Waals surface area contributed by atoms with E-state index in [-0.39, 0.29) is 18.3 Å². The smallest absolute Gasteiger partial charge is 0.342 e. The standard InChI is InChI=1S/C36H48O9Si/c1-24-17-18-29(43-34(37)26-13-10-9-11-14-26)33-30(44-36(3,4)45-33)16-12-15-27-21-28(40-19-20-46(6,7)8)22-31(41-23-39-5)32(27)35(38)42-25(24)2/h9-15,17-18,21-22,24-25,29-30,33H,16,19-20,23H2,1-8H3/b15-12+,18-17-/t24-,25+,29?,30?,33-/m1/s1. The second-order valence-corrected chi connectivity index (χ2v) is 19.1. The lowest BCUT2D eigenvalue weighted by Gasteiger charge is -2.26. The maximum absolute atomic E-state index is 13.8. The maximum atomic E-state index is 13.8. The predicted octanol–water partition coefficient (Wildman–Crippen LogP) is 7.29. The highest BCUT2D eigenvalue weighted by Gasteiger charge is 2.45.